The summed E-state index contributed by atoms with van der Waals surface area (Å²) in [5.74, 6) is 1.77. The molecule has 18 heavy (non-hydrogen) atoms. The van der Waals surface area contributed by atoms with Crippen LogP contribution in [0, 0.1) is 3.14 Å². The van der Waals surface area contributed by atoms with Gasteiger partial charge in [-0.3, -0.25) is 0 Å². The molecule has 0 radical (unpaired) electrons. The Bertz CT molecular complexity index is 604. The van der Waals surface area contributed by atoms with Crippen molar-refractivity contribution in [3.8, 4) is 11.5 Å². The minimum atomic E-state index is 0.887. The lowest BCUT2D eigenvalue weighted by Crippen LogP contribution is -1.95. The molecular formula is C11H8O2S5. The van der Waals surface area contributed by atoms with Gasteiger partial charge in [0.25, 0.3) is 0 Å². The molecule has 1 aliphatic heterocycles. The molecule has 3 rings (SSSR count). The summed E-state index contributed by atoms with van der Waals surface area (Å²) < 4.78 is 14.3. The van der Waals surface area contributed by atoms with Gasteiger partial charge in [-0.05, 0) is 12.1 Å². The average molecular weight is 333 g/mol. The second kappa shape index (κ2) is 5.05. The van der Waals surface area contributed by atoms with Crippen molar-refractivity contribution in [3.63, 3.8) is 0 Å². The van der Waals surface area contributed by atoms with Gasteiger partial charge < -0.3 is 9.47 Å². The lowest BCUT2D eigenvalue weighted by atomic mass is 10.3. The Morgan fingerprint density at radius 1 is 0.889 bits per heavy atom. The quantitative estimate of drug-likeness (QED) is 0.601. The van der Waals surface area contributed by atoms with E-state index in [-0.39, 0.29) is 0 Å². The van der Waals surface area contributed by atoms with Crippen LogP contribution >= 0.6 is 58.4 Å². The van der Waals surface area contributed by atoms with Crippen molar-refractivity contribution >= 4 is 58.4 Å². The highest BCUT2D eigenvalue weighted by Gasteiger charge is 2.26. The van der Waals surface area contributed by atoms with Crippen molar-refractivity contribution in [1.29, 1.82) is 0 Å². The van der Waals surface area contributed by atoms with Gasteiger partial charge in [-0.1, -0.05) is 35.7 Å². The fraction of sp³-hybridized carbons (Fsp3) is 0.182. The molecule has 2 nitrogen and oxygen atoms in total. The maximum absolute atomic E-state index is 5.43. The van der Waals surface area contributed by atoms with Crippen molar-refractivity contribution < 1.29 is 9.47 Å². The molecular weight excluding hydrogens is 324 g/mol. The minimum absolute atomic E-state index is 0.887. The van der Waals surface area contributed by atoms with Crippen molar-refractivity contribution in [3.05, 3.63) is 15.3 Å². The SMILES string of the molecule is COc1ccc(OC)c2c1Sc1sc(=S)sc1S2. The summed E-state index contributed by atoms with van der Waals surface area (Å²) in [7, 11) is 3.39. The summed E-state index contributed by atoms with van der Waals surface area (Å²) in [4.78, 5) is 2.25. The molecule has 2 heterocycles. The summed E-state index contributed by atoms with van der Waals surface area (Å²) >= 11 is 12.0. The minimum Gasteiger partial charge on any atom is -0.496 e. The topological polar surface area (TPSA) is 18.5 Å². The van der Waals surface area contributed by atoms with E-state index < -0.39 is 0 Å². The maximum atomic E-state index is 5.43. The number of fused-ring (bicyclic) bond motifs is 2. The average Bonchev–Trinajstić information content (AvgIpc) is 2.73. The predicted molar refractivity (Wildman–Crippen MR) is 80.8 cm³/mol. The van der Waals surface area contributed by atoms with E-state index in [4.69, 9.17) is 21.7 Å². The van der Waals surface area contributed by atoms with E-state index in [9.17, 15) is 0 Å². The Labute approximate surface area is 126 Å². The normalized spacial score (nSPS) is 12.8. The van der Waals surface area contributed by atoms with Crippen LogP contribution < -0.4 is 9.47 Å². The van der Waals surface area contributed by atoms with Crippen LogP contribution in [0.2, 0.25) is 0 Å². The first-order chi connectivity index (χ1) is 8.72. The Balaban J connectivity index is 2.18. The number of rotatable bonds is 2. The van der Waals surface area contributed by atoms with E-state index in [1.807, 2.05) is 12.1 Å². The van der Waals surface area contributed by atoms with Crippen LogP contribution in [0.15, 0.2) is 30.3 Å². The van der Waals surface area contributed by atoms with Gasteiger partial charge in [0.05, 0.1) is 32.4 Å². The molecule has 0 amide bonds. The van der Waals surface area contributed by atoms with E-state index in [0.29, 0.717) is 0 Å². The fourth-order valence-corrected chi connectivity index (χ4v) is 7.89. The zero-order valence-electron chi connectivity index (χ0n) is 9.51. The van der Waals surface area contributed by atoms with E-state index in [0.717, 1.165) is 24.4 Å². The summed E-state index contributed by atoms with van der Waals surface area (Å²) in [6.07, 6.45) is 0. The first-order valence-corrected chi connectivity index (χ1v) is 8.65. The molecule has 2 aromatic rings. The molecule has 0 bridgehead atoms. The third-order valence-electron chi connectivity index (χ3n) is 2.39. The number of hydrogen-bond acceptors (Lipinski definition) is 7. The Kier molecular flexibility index (Phi) is 3.59. The molecule has 0 unspecified atom stereocenters. The number of hydrogen-bond donors (Lipinski definition) is 0. The van der Waals surface area contributed by atoms with Crippen LogP contribution in [-0.2, 0) is 0 Å². The van der Waals surface area contributed by atoms with Crippen molar-refractivity contribution in [2.45, 2.75) is 18.2 Å². The molecule has 1 aromatic heterocycles. The van der Waals surface area contributed by atoms with Gasteiger partial charge in [-0.25, -0.2) is 0 Å². The predicted octanol–water partition coefficient (Wildman–Crippen LogP) is 5.17. The number of ether oxygens (including phenoxy) is 2. The molecule has 0 aliphatic carbocycles. The van der Waals surface area contributed by atoms with E-state index in [1.54, 1.807) is 60.4 Å². The first kappa shape index (κ1) is 12.8. The highest BCUT2D eigenvalue weighted by atomic mass is 32.2. The molecule has 1 aliphatic rings. The van der Waals surface area contributed by atoms with Gasteiger partial charge in [0.15, 0.2) is 0 Å². The summed E-state index contributed by atoms with van der Waals surface area (Å²) in [6, 6.07) is 3.89. The van der Waals surface area contributed by atoms with Crippen LogP contribution in [0.4, 0.5) is 0 Å². The van der Waals surface area contributed by atoms with E-state index in [1.165, 1.54) is 8.42 Å². The van der Waals surface area contributed by atoms with Crippen molar-refractivity contribution in [2.75, 3.05) is 14.2 Å². The zero-order valence-corrected chi connectivity index (χ0v) is 13.6. The van der Waals surface area contributed by atoms with Crippen LogP contribution in [0.1, 0.15) is 0 Å². The molecule has 0 N–H and O–H groups in total. The smallest absolute Gasteiger partial charge is 0.145 e. The number of methoxy groups -OCH3 is 2. The van der Waals surface area contributed by atoms with Crippen LogP contribution in [0.3, 0.4) is 0 Å². The fourth-order valence-electron chi connectivity index (χ4n) is 1.61. The largest absolute Gasteiger partial charge is 0.496 e. The molecule has 1 aromatic carbocycles. The summed E-state index contributed by atoms with van der Waals surface area (Å²) in [6.45, 7) is 0. The van der Waals surface area contributed by atoms with Gasteiger partial charge in [0.1, 0.15) is 14.6 Å². The van der Waals surface area contributed by atoms with E-state index >= 15 is 0 Å². The van der Waals surface area contributed by atoms with Crippen molar-refractivity contribution in [2.24, 2.45) is 0 Å². The van der Waals surface area contributed by atoms with Gasteiger partial charge in [-0.15, -0.1) is 22.7 Å². The molecule has 7 heteroatoms. The molecule has 0 spiro atoms. The van der Waals surface area contributed by atoms with Crippen LogP contribution in [-0.4, -0.2) is 14.2 Å². The Hall–Kier alpha value is -0.210. The molecule has 0 saturated carbocycles. The van der Waals surface area contributed by atoms with Gasteiger partial charge in [-0.2, -0.15) is 0 Å². The van der Waals surface area contributed by atoms with Gasteiger partial charge in [0.2, 0.25) is 0 Å². The first-order valence-electron chi connectivity index (χ1n) is 4.97. The molecule has 0 saturated heterocycles. The second-order valence-corrected chi connectivity index (χ2v) is 9.14. The maximum Gasteiger partial charge on any atom is 0.145 e. The molecule has 0 atom stereocenters. The van der Waals surface area contributed by atoms with Gasteiger partial charge in [0, 0.05) is 0 Å². The van der Waals surface area contributed by atoms with E-state index in [2.05, 4.69) is 0 Å². The Morgan fingerprint density at radius 3 is 1.72 bits per heavy atom. The lowest BCUT2D eigenvalue weighted by Gasteiger charge is -2.19. The Morgan fingerprint density at radius 2 is 1.33 bits per heavy atom. The van der Waals surface area contributed by atoms with Gasteiger partial charge >= 0.3 is 0 Å². The number of benzene rings is 1. The third-order valence-corrected chi connectivity index (χ3v) is 8.14. The van der Waals surface area contributed by atoms with Crippen LogP contribution in [0.25, 0.3) is 0 Å². The standard InChI is InChI=1S/C11H8O2S5/c1-12-5-3-4-6(13-2)8-7(5)15-9-10(16-8)18-11(14)17-9/h3-4H,1-2H3. The zero-order chi connectivity index (χ0) is 12.7. The summed E-state index contributed by atoms with van der Waals surface area (Å²) in [5, 5.41) is 0. The highest BCUT2D eigenvalue weighted by Crippen LogP contribution is 2.58. The second-order valence-electron chi connectivity index (χ2n) is 3.36. The summed E-state index contributed by atoms with van der Waals surface area (Å²) in [5.41, 5.74) is 0. The monoisotopic (exact) mass is 332 g/mol. The lowest BCUT2D eigenvalue weighted by molar-refractivity contribution is 0.384. The molecule has 0 fully saturated rings. The third kappa shape index (κ3) is 2.08. The van der Waals surface area contributed by atoms with Crippen LogP contribution in [0.5, 0.6) is 11.5 Å². The highest BCUT2D eigenvalue weighted by molar-refractivity contribution is 8.08. The molecule has 94 valence electrons. The van der Waals surface area contributed by atoms with Crippen molar-refractivity contribution in [1.82, 2.24) is 0 Å².